The Kier molecular flexibility index (Phi) is 4.43. The molecular weight excluding hydrogens is 400 g/mol. The van der Waals surface area contributed by atoms with Crippen LogP contribution >= 0.6 is 0 Å². The van der Waals surface area contributed by atoms with E-state index in [0.717, 1.165) is 57.6 Å². The Bertz CT molecular complexity index is 1020. The summed E-state index contributed by atoms with van der Waals surface area (Å²) in [6.07, 6.45) is 6.44. The average molecular weight is 435 g/mol. The highest BCUT2D eigenvalue weighted by Crippen LogP contribution is 2.64. The van der Waals surface area contributed by atoms with Crippen LogP contribution in [0.3, 0.4) is 0 Å². The SMILES string of the molecule is Cc1ccc(N2CCN(C(=O)C34CC5CC(C3)CC(n3nnc(C)n3)(C5)C4)C(C)C2)cc1. The third-order valence-electron chi connectivity index (χ3n) is 8.71. The first-order chi connectivity index (χ1) is 15.4. The summed E-state index contributed by atoms with van der Waals surface area (Å²) < 4.78 is 0. The number of rotatable bonds is 3. The molecule has 7 heteroatoms. The maximum absolute atomic E-state index is 14.2. The fourth-order valence-corrected chi connectivity index (χ4v) is 7.74. The van der Waals surface area contributed by atoms with E-state index < -0.39 is 0 Å². The lowest BCUT2D eigenvalue weighted by Crippen LogP contribution is -2.64. The Morgan fingerprint density at radius 2 is 1.75 bits per heavy atom. The predicted octanol–water partition coefficient (Wildman–Crippen LogP) is 3.32. The van der Waals surface area contributed by atoms with E-state index in [1.54, 1.807) is 0 Å². The highest BCUT2D eigenvalue weighted by molar-refractivity contribution is 5.84. The highest BCUT2D eigenvalue weighted by atomic mass is 16.2. The van der Waals surface area contributed by atoms with Crippen molar-refractivity contribution in [1.29, 1.82) is 0 Å². The second-order valence-corrected chi connectivity index (χ2v) is 11.2. The molecule has 4 saturated carbocycles. The van der Waals surface area contributed by atoms with E-state index >= 15 is 0 Å². The molecule has 4 aliphatic carbocycles. The van der Waals surface area contributed by atoms with Gasteiger partial charge in [0.05, 0.1) is 11.0 Å². The standard InChI is InChI=1S/C25H34N6O/c1-17-4-6-22(7-5-17)29-8-9-30(18(2)15-29)23(32)24-11-20-10-21(12-24)14-25(13-20,16-24)31-27-19(3)26-28-31/h4-7,18,20-21H,8-16H2,1-3H3. The molecule has 0 N–H and O–H groups in total. The molecule has 5 fully saturated rings. The molecule has 170 valence electrons. The molecule has 1 saturated heterocycles. The van der Waals surface area contributed by atoms with E-state index in [1.807, 2.05) is 11.7 Å². The first-order valence-corrected chi connectivity index (χ1v) is 12.3. The van der Waals surface area contributed by atoms with Gasteiger partial charge in [0.2, 0.25) is 5.91 Å². The lowest BCUT2D eigenvalue weighted by atomic mass is 9.46. The number of carbonyl (C=O) groups is 1. The maximum Gasteiger partial charge on any atom is 0.229 e. The molecule has 1 aromatic heterocycles. The molecule has 4 bridgehead atoms. The second-order valence-electron chi connectivity index (χ2n) is 11.2. The highest BCUT2D eigenvalue weighted by Gasteiger charge is 2.63. The minimum absolute atomic E-state index is 0.117. The third-order valence-corrected chi connectivity index (χ3v) is 8.71. The number of amides is 1. The van der Waals surface area contributed by atoms with Crippen molar-refractivity contribution in [3.63, 3.8) is 0 Å². The van der Waals surface area contributed by atoms with Crippen molar-refractivity contribution in [2.45, 2.75) is 70.9 Å². The zero-order valence-corrected chi connectivity index (χ0v) is 19.5. The Hall–Kier alpha value is -2.44. The van der Waals surface area contributed by atoms with Crippen LogP contribution in [0.4, 0.5) is 5.69 Å². The molecule has 0 spiro atoms. The smallest absolute Gasteiger partial charge is 0.229 e. The number of hydrogen-bond donors (Lipinski definition) is 0. The molecular formula is C25H34N6O. The molecule has 7 nitrogen and oxygen atoms in total. The number of piperazine rings is 1. The van der Waals surface area contributed by atoms with Crippen LogP contribution in [0.2, 0.25) is 0 Å². The number of tetrazole rings is 1. The third kappa shape index (κ3) is 3.07. The number of benzene rings is 1. The number of aromatic nitrogens is 4. The van der Waals surface area contributed by atoms with Crippen LogP contribution in [-0.2, 0) is 10.3 Å². The molecule has 1 aliphatic heterocycles. The zero-order valence-electron chi connectivity index (χ0n) is 19.5. The van der Waals surface area contributed by atoms with Crippen molar-refractivity contribution < 1.29 is 4.79 Å². The van der Waals surface area contributed by atoms with Gasteiger partial charge >= 0.3 is 0 Å². The van der Waals surface area contributed by atoms with Gasteiger partial charge < -0.3 is 9.80 Å². The summed E-state index contributed by atoms with van der Waals surface area (Å²) in [7, 11) is 0. The Labute approximate surface area is 190 Å². The summed E-state index contributed by atoms with van der Waals surface area (Å²) in [6, 6.07) is 8.97. The fraction of sp³-hybridized carbons (Fsp3) is 0.680. The summed E-state index contributed by atoms with van der Waals surface area (Å²) in [5.74, 6) is 2.33. The maximum atomic E-state index is 14.2. The Morgan fingerprint density at radius 1 is 1.03 bits per heavy atom. The summed E-state index contributed by atoms with van der Waals surface area (Å²) in [5.41, 5.74) is 2.18. The summed E-state index contributed by atoms with van der Waals surface area (Å²) in [5, 5.41) is 13.2. The van der Waals surface area contributed by atoms with E-state index in [4.69, 9.17) is 0 Å². The van der Waals surface area contributed by atoms with Gasteiger partial charge in [0, 0.05) is 31.4 Å². The van der Waals surface area contributed by atoms with Crippen LogP contribution in [0.1, 0.15) is 56.8 Å². The minimum Gasteiger partial charge on any atom is -0.368 e. The van der Waals surface area contributed by atoms with Gasteiger partial charge in [-0.25, -0.2) is 0 Å². The van der Waals surface area contributed by atoms with Crippen LogP contribution in [0, 0.1) is 31.1 Å². The predicted molar refractivity (Wildman–Crippen MR) is 122 cm³/mol. The average Bonchev–Trinajstić information content (AvgIpc) is 3.20. The Balaban J connectivity index is 1.24. The normalized spacial score (nSPS) is 36.0. The van der Waals surface area contributed by atoms with Gasteiger partial charge in [-0.1, -0.05) is 17.7 Å². The largest absolute Gasteiger partial charge is 0.368 e. The quantitative estimate of drug-likeness (QED) is 0.741. The first kappa shape index (κ1) is 20.2. The first-order valence-electron chi connectivity index (χ1n) is 12.3. The molecule has 5 aliphatic rings. The number of hydrogen-bond acceptors (Lipinski definition) is 5. The van der Waals surface area contributed by atoms with E-state index in [0.29, 0.717) is 17.7 Å². The van der Waals surface area contributed by atoms with Crippen LogP contribution < -0.4 is 4.90 Å². The number of nitrogens with zero attached hydrogens (tertiary/aromatic N) is 6. The summed E-state index contributed by atoms with van der Waals surface area (Å²) in [4.78, 5) is 20.7. The van der Waals surface area contributed by atoms with Crippen LogP contribution in [0.25, 0.3) is 0 Å². The van der Waals surface area contributed by atoms with Crippen molar-refractivity contribution in [3.05, 3.63) is 35.7 Å². The second kappa shape index (κ2) is 7.03. The molecule has 2 heterocycles. The van der Waals surface area contributed by atoms with E-state index in [1.165, 1.54) is 17.7 Å². The van der Waals surface area contributed by atoms with E-state index in [-0.39, 0.29) is 17.0 Å². The molecule has 7 rings (SSSR count). The van der Waals surface area contributed by atoms with Gasteiger partial charge in [0.15, 0.2) is 5.82 Å². The van der Waals surface area contributed by atoms with Crippen molar-refractivity contribution >= 4 is 11.6 Å². The van der Waals surface area contributed by atoms with Crippen molar-refractivity contribution in [1.82, 2.24) is 25.1 Å². The lowest BCUT2D eigenvalue weighted by Gasteiger charge is -2.61. The monoisotopic (exact) mass is 434 g/mol. The molecule has 3 unspecified atom stereocenters. The van der Waals surface area contributed by atoms with Gasteiger partial charge in [-0.2, -0.15) is 4.80 Å². The van der Waals surface area contributed by atoms with Crippen molar-refractivity contribution in [2.24, 2.45) is 17.3 Å². The molecule has 32 heavy (non-hydrogen) atoms. The van der Waals surface area contributed by atoms with E-state index in [2.05, 4.69) is 63.3 Å². The fourth-order valence-electron chi connectivity index (χ4n) is 7.74. The number of carbonyl (C=O) groups excluding carboxylic acids is 1. The molecule has 1 amide bonds. The zero-order chi connectivity index (χ0) is 22.1. The Morgan fingerprint density at radius 3 is 2.38 bits per heavy atom. The molecule has 0 radical (unpaired) electrons. The molecule has 1 aromatic carbocycles. The van der Waals surface area contributed by atoms with Gasteiger partial charge in [0.1, 0.15) is 0 Å². The summed E-state index contributed by atoms with van der Waals surface area (Å²) >= 11 is 0. The van der Waals surface area contributed by atoms with Gasteiger partial charge in [-0.3, -0.25) is 4.79 Å². The summed E-state index contributed by atoms with van der Waals surface area (Å²) in [6.45, 7) is 8.84. The van der Waals surface area contributed by atoms with Gasteiger partial charge in [0.25, 0.3) is 0 Å². The van der Waals surface area contributed by atoms with E-state index in [9.17, 15) is 4.79 Å². The molecule has 3 atom stereocenters. The molecule has 2 aromatic rings. The topological polar surface area (TPSA) is 67.2 Å². The number of aryl methyl sites for hydroxylation is 2. The number of anilines is 1. The van der Waals surface area contributed by atoms with Crippen LogP contribution in [0.15, 0.2) is 24.3 Å². The van der Waals surface area contributed by atoms with Crippen molar-refractivity contribution in [2.75, 3.05) is 24.5 Å². The van der Waals surface area contributed by atoms with Crippen LogP contribution in [0.5, 0.6) is 0 Å². The van der Waals surface area contributed by atoms with Gasteiger partial charge in [-0.15, -0.1) is 10.2 Å². The van der Waals surface area contributed by atoms with Crippen LogP contribution in [-0.4, -0.2) is 56.7 Å². The lowest BCUT2D eigenvalue weighted by molar-refractivity contribution is -0.170. The van der Waals surface area contributed by atoms with Crippen molar-refractivity contribution in [3.8, 4) is 0 Å². The minimum atomic E-state index is -0.244. The van der Waals surface area contributed by atoms with Gasteiger partial charge in [-0.05, 0) is 88.5 Å².